The summed E-state index contributed by atoms with van der Waals surface area (Å²) in [6.07, 6.45) is 4.92. The van der Waals surface area contributed by atoms with E-state index in [9.17, 15) is 0 Å². The maximum Gasteiger partial charge on any atom is 0.109 e. The van der Waals surface area contributed by atoms with Crippen LogP contribution in [-0.4, -0.2) is 17.6 Å². The summed E-state index contributed by atoms with van der Waals surface area (Å²) in [5.41, 5.74) is 0. The molecule has 0 rings (SSSR count). The minimum Gasteiger partial charge on any atom is -0.356 e. The molecule has 0 aromatic carbocycles. The maximum absolute atomic E-state index is 4.92. The topological polar surface area (TPSA) is 9.23 Å². The van der Waals surface area contributed by atoms with E-state index in [-0.39, 0.29) is 0 Å². The van der Waals surface area contributed by atoms with Crippen LogP contribution in [0.4, 0.5) is 0 Å². The molecule has 0 fully saturated rings. The molecule has 0 aliphatic rings. The van der Waals surface area contributed by atoms with E-state index in [4.69, 9.17) is 11.2 Å². The molecular weight excluding hydrogens is 227 g/mol. The lowest BCUT2D eigenvalue weighted by Gasteiger charge is -1.87. The van der Waals surface area contributed by atoms with Gasteiger partial charge < -0.3 is 4.74 Å². The highest BCUT2D eigenvalue weighted by Gasteiger charge is 1.73. The number of halogens is 1. The molecule has 0 amide bonds. The van der Waals surface area contributed by atoms with Crippen molar-refractivity contribution in [3.8, 4) is 24.2 Å². The van der Waals surface area contributed by atoms with Gasteiger partial charge in [0.2, 0.25) is 0 Å². The van der Waals surface area contributed by atoms with Gasteiger partial charge in [-0.1, -0.05) is 40.4 Å². The lowest BCUT2D eigenvalue weighted by Crippen LogP contribution is -1.90. The molecular formula is C7H7IO. The molecule has 0 spiro atoms. The van der Waals surface area contributed by atoms with E-state index in [2.05, 4.69) is 40.4 Å². The zero-order chi connectivity index (χ0) is 6.95. The zero-order valence-electron chi connectivity index (χ0n) is 4.98. The Morgan fingerprint density at radius 1 is 1.33 bits per heavy atom. The Balaban J connectivity index is 3.01. The second-order valence-corrected chi connectivity index (χ2v) is 1.95. The molecule has 0 saturated carbocycles. The van der Waals surface area contributed by atoms with Crippen molar-refractivity contribution in [2.75, 3.05) is 17.6 Å². The second kappa shape index (κ2) is 7.81. The molecule has 0 saturated heterocycles. The summed E-state index contributed by atoms with van der Waals surface area (Å²) in [6, 6.07) is 0. The SMILES string of the molecule is C#CCOCC#CCI. The van der Waals surface area contributed by atoms with Gasteiger partial charge in [0.1, 0.15) is 13.2 Å². The standard InChI is InChI=1S/C7H7IO/c1-2-6-9-7-4-3-5-8/h1H,5-7H2. The van der Waals surface area contributed by atoms with Crippen molar-refractivity contribution >= 4 is 22.6 Å². The molecule has 0 N–H and O–H groups in total. The fourth-order valence-corrected chi connectivity index (χ4v) is 0.529. The average molecular weight is 234 g/mol. The fourth-order valence-electron chi connectivity index (χ4n) is 0.259. The van der Waals surface area contributed by atoms with Gasteiger partial charge in [0.25, 0.3) is 0 Å². The Kier molecular flexibility index (Phi) is 7.65. The number of terminal acetylenes is 1. The monoisotopic (exact) mass is 234 g/mol. The first-order chi connectivity index (χ1) is 4.41. The predicted octanol–water partition coefficient (Wildman–Crippen LogP) is 1.07. The lowest BCUT2D eigenvalue weighted by molar-refractivity contribution is 0.205. The summed E-state index contributed by atoms with van der Waals surface area (Å²) in [5, 5.41) is 0. The normalized spacial score (nSPS) is 7.11. The number of hydrogen-bond acceptors (Lipinski definition) is 1. The van der Waals surface area contributed by atoms with Crippen LogP contribution in [0.3, 0.4) is 0 Å². The van der Waals surface area contributed by atoms with Crippen molar-refractivity contribution < 1.29 is 4.74 Å². The first-order valence-electron chi connectivity index (χ1n) is 2.44. The van der Waals surface area contributed by atoms with Crippen molar-refractivity contribution in [1.29, 1.82) is 0 Å². The summed E-state index contributed by atoms with van der Waals surface area (Å²) in [7, 11) is 0. The molecule has 0 heterocycles. The van der Waals surface area contributed by atoms with Gasteiger partial charge in [-0.05, 0) is 0 Å². The summed E-state index contributed by atoms with van der Waals surface area (Å²) in [6.45, 7) is 0.809. The number of hydrogen-bond donors (Lipinski definition) is 0. The third kappa shape index (κ3) is 7.81. The smallest absolute Gasteiger partial charge is 0.109 e. The van der Waals surface area contributed by atoms with Crippen LogP contribution in [0.25, 0.3) is 0 Å². The van der Waals surface area contributed by atoms with Crippen LogP contribution in [0.2, 0.25) is 0 Å². The average Bonchev–Trinajstić information content (AvgIpc) is 1.89. The van der Waals surface area contributed by atoms with Crippen molar-refractivity contribution in [2.24, 2.45) is 0 Å². The van der Waals surface area contributed by atoms with Crippen LogP contribution in [0, 0.1) is 24.2 Å². The minimum absolute atomic E-state index is 0.357. The quantitative estimate of drug-likeness (QED) is 0.300. The highest BCUT2D eigenvalue weighted by Crippen LogP contribution is 1.75. The minimum atomic E-state index is 0.357. The Bertz CT molecular complexity index is 147. The first kappa shape index (κ1) is 8.81. The predicted molar refractivity (Wildman–Crippen MR) is 46.3 cm³/mol. The molecule has 2 heteroatoms. The van der Waals surface area contributed by atoms with E-state index in [0.717, 1.165) is 4.43 Å². The van der Waals surface area contributed by atoms with E-state index in [1.54, 1.807) is 0 Å². The Labute approximate surface area is 69.3 Å². The Morgan fingerprint density at radius 3 is 2.67 bits per heavy atom. The summed E-state index contributed by atoms with van der Waals surface area (Å²) >= 11 is 2.18. The van der Waals surface area contributed by atoms with Crippen LogP contribution in [0.5, 0.6) is 0 Å². The molecule has 48 valence electrons. The van der Waals surface area contributed by atoms with Crippen molar-refractivity contribution in [3.63, 3.8) is 0 Å². The molecule has 0 aliphatic heterocycles. The van der Waals surface area contributed by atoms with Gasteiger partial charge in [0.15, 0.2) is 0 Å². The summed E-state index contributed by atoms with van der Waals surface area (Å²) in [5.74, 6) is 8.00. The van der Waals surface area contributed by atoms with E-state index in [1.165, 1.54) is 0 Å². The third-order valence-electron chi connectivity index (χ3n) is 0.551. The lowest BCUT2D eigenvalue weighted by atomic mass is 10.6. The highest BCUT2D eigenvalue weighted by molar-refractivity contribution is 14.1. The molecule has 9 heavy (non-hydrogen) atoms. The molecule has 0 atom stereocenters. The van der Waals surface area contributed by atoms with Crippen LogP contribution in [0.1, 0.15) is 0 Å². The summed E-state index contributed by atoms with van der Waals surface area (Å²) < 4.78 is 5.72. The van der Waals surface area contributed by atoms with E-state index in [0.29, 0.717) is 13.2 Å². The van der Waals surface area contributed by atoms with Gasteiger partial charge >= 0.3 is 0 Å². The Morgan fingerprint density at radius 2 is 2.11 bits per heavy atom. The molecule has 0 bridgehead atoms. The zero-order valence-corrected chi connectivity index (χ0v) is 7.14. The van der Waals surface area contributed by atoms with E-state index in [1.807, 2.05) is 0 Å². The van der Waals surface area contributed by atoms with Crippen molar-refractivity contribution in [1.82, 2.24) is 0 Å². The number of rotatable bonds is 2. The molecule has 1 nitrogen and oxygen atoms in total. The van der Waals surface area contributed by atoms with E-state index < -0.39 is 0 Å². The van der Waals surface area contributed by atoms with Crippen LogP contribution < -0.4 is 0 Å². The molecule has 0 aromatic rings. The van der Waals surface area contributed by atoms with Gasteiger partial charge in [-0.15, -0.1) is 6.42 Å². The van der Waals surface area contributed by atoms with Gasteiger partial charge in [-0.2, -0.15) is 0 Å². The Hall–Kier alpha value is -0.190. The van der Waals surface area contributed by atoms with Crippen LogP contribution in [-0.2, 0) is 4.74 Å². The fraction of sp³-hybridized carbons (Fsp3) is 0.429. The summed E-state index contributed by atoms with van der Waals surface area (Å²) in [4.78, 5) is 0. The largest absolute Gasteiger partial charge is 0.356 e. The van der Waals surface area contributed by atoms with E-state index >= 15 is 0 Å². The first-order valence-corrected chi connectivity index (χ1v) is 3.97. The van der Waals surface area contributed by atoms with Gasteiger partial charge in [-0.3, -0.25) is 0 Å². The van der Waals surface area contributed by atoms with Gasteiger partial charge in [0.05, 0.1) is 4.43 Å². The molecule has 0 aliphatic carbocycles. The molecule has 0 aromatic heterocycles. The third-order valence-corrected chi connectivity index (χ3v) is 0.933. The van der Waals surface area contributed by atoms with Crippen LogP contribution >= 0.6 is 22.6 Å². The highest BCUT2D eigenvalue weighted by atomic mass is 127. The van der Waals surface area contributed by atoms with Gasteiger partial charge in [-0.25, -0.2) is 0 Å². The second-order valence-electron chi connectivity index (χ2n) is 1.18. The van der Waals surface area contributed by atoms with Gasteiger partial charge in [0, 0.05) is 0 Å². The number of ether oxygens (including phenoxy) is 1. The van der Waals surface area contributed by atoms with Crippen molar-refractivity contribution in [2.45, 2.75) is 0 Å². The molecule has 0 unspecified atom stereocenters. The van der Waals surface area contributed by atoms with Crippen molar-refractivity contribution in [3.05, 3.63) is 0 Å². The molecule has 0 radical (unpaired) electrons. The maximum atomic E-state index is 4.92. The number of alkyl halides is 1. The van der Waals surface area contributed by atoms with Crippen LogP contribution in [0.15, 0.2) is 0 Å².